The topological polar surface area (TPSA) is 58.9 Å². The summed E-state index contributed by atoms with van der Waals surface area (Å²) in [5, 5.41) is 10.2. The number of fused-ring (bicyclic) bond motifs is 2. The second-order valence-electron chi connectivity index (χ2n) is 4.20. The number of nitro benzene ring substituents is 1. The molecular formula is C14H14N2O2. The van der Waals surface area contributed by atoms with E-state index in [1.165, 1.54) is 22.7 Å². The first-order valence-electron chi connectivity index (χ1n) is 5.65. The van der Waals surface area contributed by atoms with E-state index in [0.29, 0.717) is 5.56 Å². The number of nitrogens with one attached hydrogen (secondary N) is 1. The maximum atomic E-state index is 10.2. The summed E-state index contributed by atoms with van der Waals surface area (Å²) >= 11 is 0. The number of hydrogen-bond donors (Lipinski definition) is 1. The fraction of sp³-hybridized carbons (Fsp3) is 0.143. The van der Waals surface area contributed by atoms with Crippen molar-refractivity contribution in [3.05, 3.63) is 63.7 Å². The third kappa shape index (κ3) is 2.48. The molecule has 3 aromatic rings. The number of para-hydroxylation sites is 1. The van der Waals surface area contributed by atoms with Crippen LogP contribution in [0, 0.1) is 24.0 Å². The fourth-order valence-electron chi connectivity index (χ4n) is 1.81. The van der Waals surface area contributed by atoms with Gasteiger partial charge < -0.3 is 4.98 Å². The molecule has 4 heteroatoms. The Bertz CT molecular complexity index is 658. The first kappa shape index (κ1) is 12.1. The van der Waals surface area contributed by atoms with Crippen LogP contribution in [0.4, 0.5) is 5.69 Å². The fourth-order valence-corrected chi connectivity index (χ4v) is 1.81. The summed E-state index contributed by atoms with van der Waals surface area (Å²) in [6.07, 6.45) is 0. The van der Waals surface area contributed by atoms with Crippen LogP contribution >= 0.6 is 0 Å². The molecule has 0 aliphatic heterocycles. The number of benzene rings is 2. The third-order valence-electron chi connectivity index (χ3n) is 2.82. The number of aryl methyl sites for hydroxylation is 2. The van der Waals surface area contributed by atoms with Crippen LogP contribution < -0.4 is 0 Å². The van der Waals surface area contributed by atoms with Crippen LogP contribution in [0.2, 0.25) is 0 Å². The Balaban J connectivity index is 0.000000136. The molecule has 0 aliphatic carbocycles. The molecule has 0 amide bonds. The molecule has 0 saturated heterocycles. The van der Waals surface area contributed by atoms with Crippen molar-refractivity contribution in [1.29, 1.82) is 0 Å². The van der Waals surface area contributed by atoms with Crippen molar-refractivity contribution < 1.29 is 4.92 Å². The van der Waals surface area contributed by atoms with E-state index < -0.39 is 0 Å². The highest BCUT2D eigenvalue weighted by molar-refractivity contribution is 5.70. The van der Waals surface area contributed by atoms with E-state index in [2.05, 4.69) is 30.1 Å². The molecule has 2 heterocycles. The Morgan fingerprint density at radius 2 is 1.78 bits per heavy atom. The molecule has 1 N–H and O–H groups in total. The predicted molar refractivity (Wildman–Crippen MR) is 72.1 cm³/mol. The van der Waals surface area contributed by atoms with Gasteiger partial charge in [-0.2, -0.15) is 0 Å². The Morgan fingerprint density at radius 3 is 2.11 bits per heavy atom. The van der Waals surface area contributed by atoms with E-state index in [9.17, 15) is 10.1 Å². The minimum absolute atomic E-state index is 0.183. The molecule has 4 nitrogen and oxygen atoms in total. The second-order valence-corrected chi connectivity index (χ2v) is 4.20. The zero-order valence-electron chi connectivity index (χ0n) is 10.3. The highest BCUT2D eigenvalue weighted by Crippen LogP contribution is 2.15. The van der Waals surface area contributed by atoms with Crippen molar-refractivity contribution in [2.45, 2.75) is 13.8 Å². The van der Waals surface area contributed by atoms with E-state index in [1.54, 1.807) is 25.1 Å². The molecule has 3 rings (SSSR count). The van der Waals surface area contributed by atoms with Crippen molar-refractivity contribution in [2.75, 3.05) is 0 Å². The Labute approximate surface area is 105 Å². The number of nitro groups is 1. The van der Waals surface area contributed by atoms with Crippen molar-refractivity contribution in [3.63, 3.8) is 0 Å². The van der Waals surface area contributed by atoms with Gasteiger partial charge in [-0.3, -0.25) is 10.1 Å². The zero-order chi connectivity index (χ0) is 13.1. The van der Waals surface area contributed by atoms with E-state index >= 15 is 0 Å². The van der Waals surface area contributed by atoms with Crippen LogP contribution in [0.5, 0.6) is 0 Å². The minimum atomic E-state index is -0.380. The van der Waals surface area contributed by atoms with Gasteiger partial charge in [-0.15, -0.1) is 0 Å². The molecule has 0 fully saturated rings. The second kappa shape index (κ2) is 4.87. The quantitative estimate of drug-likeness (QED) is 0.521. The normalized spacial score (nSPS) is 10.1. The third-order valence-corrected chi connectivity index (χ3v) is 2.82. The Kier molecular flexibility index (Phi) is 3.28. The Morgan fingerprint density at radius 1 is 1.06 bits per heavy atom. The van der Waals surface area contributed by atoms with Crippen LogP contribution in [0.1, 0.15) is 11.1 Å². The van der Waals surface area contributed by atoms with Crippen LogP contribution in [0.3, 0.4) is 0 Å². The van der Waals surface area contributed by atoms with Gasteiger partial charge in [-0.1, -0.05) is 18.2 Å². The maximum Gasteiger partial charge on any atom is 0.272 e. The number of rotatable bonds is 1. The van der Waals surface area contributed by atoms with Crippen molar-refractivity contribution >= 4 is 16.7 Å². The lowest BCUT2D eigenvalue weighted by atomic mass is 10.2. The SMILES string of the molecule is Cc1cc2ccc1[nH]2.Cc1ccccc1[N+](=O)[O-]. The van der Waals surface area contributed by atoms with Gasteiger partial charge >= 0.3 is 0 Å². The van der Waals surface area contributed by atoms with Gasteiger partial charge in [0.05, 0.1) is 4.92 Å². The molecule has 0 radical (unpaired) electrons. The number of nitrogens with zero attached hydrogens (tertiary/aromatic N) is 1. The number of aromatic amines is 1. The molecule has 18 heavy (non-hydrogen) atoms. The first-order valence-corrected chi connectivity index (χ1v) is 5.65. The van der Waals surface area contributed by atoms with E-state index in [-0.39, 0.29) is 10.6 Å². The molecule has 92 valence electrons. The summed E-state index contributed by atoms with van der Waals surface area (Å²) in [6, 6.07) is 13.0. The highest BCUT2D eigenvalue weighted by atomic mass is 16.6. The van der Waals surface area contributed by atoms with Gasteiger partial charge in [0.2, 0.25) is 0 Å². The molecular weight excluding hydrogens is 228 g/mol. The average molecular weight is 242 g/mol. The van der Waals surface area contributed by atoms with Gasteiger partial charge in [0.1, 0.15) is 0 Å². The van der Waals surface area contributed by atoms with Gasteiger partial charge in [0, 0.05) is 22.7 Å². The molecule has 0 atom stereocenters. The average Bonchev–Trinajstić information content (AvgIpc) is 2.91. The van der Waals surface area contributed by atoms with Crippen LogP contribution in [-0.4, -0.2) is 9.91 Å². The van der Waals surface area contributed by atoms with Gasteiger partial charge in [0.15, 0.2) is 0 Å². The molecule has 0 aliphatic rings. The highest BCUT2D eigenvalue weighted by Gasteiger charge is 2.06. The van der Waals surface area contributed by atoms with Crippen molar-refractivity contribution in [2.24, 2.45) is 0 Å². The van der Waals surface area contributed by atoms with Gasteiger partial charge in [0.25, 0.3) is 5.69 Å². The summed E-state index contributed by atoms with van der Waals surface area (Å²) in [7, 11) is 0. The molecule has 1 aromatic carbocycles. The lowest BCUT2D eigenvalue weighted by molar-refractivity contribution is -0.385. The molecule has 0 spiro atoms. The predicted octanol–water partition coefficient (Wildman–Crippen LogP) is 3.82. The molecule has 0 unspecified atom stereocenters. The molecule has 0 saturated carbocycles. The lowest BCUT2D eigenvalue weighted by Gasteiger charge is -1.92. The summed E-state index contributed by atoms with van der Waals surface area (Å²) < 4.78 is 0. The zero-order valence-corrected chi connectivity index (χ0v) is 10.3. The number of hydrogen-bond acceptors (Lipinski definition) is 2. The minimum Gasteiger partial charge on any atom is -0.355 e. The van der Waals surface area contributed by atoms with E-state index in [4.69, 9.17) is 0 Å². The Hall–Kier alpha value is -2.36. The summed E-state index contributed by atoms with van der Waals surface area (Å²) in [5.74, 6) is 0. The van der Waals surface area contributed by atoms with Crippen LogP contribution in [-0.2, 0) is 0 Å². The summed E-state index contributed by atoms with van der Waals surface area (Å²) in [4.78, 5) is 13.1. The van der Waals surface area contributed by atoms with E-state index in [1.807, 2.05) is 0 Å². The number of aromatic nitrogens is 1. The monoisotopic (exact) mass is 242 g/mol. The van der Waals surface area contributed by atoms with Crippen LogP contribution in [0.15, 0.2) is 42.5 Å². The lowest BCUT2D eigenvalue weighted by Crippen LogP contribution is -1.89. The standard InChI is InChI=1S/C7H7NO2.C7H7N/c1-6-4-2-3-5-7(6)8(9)10;1-5-4-6-2-3-7(5)8-6/h2-5H,1H3;2-4,8H,1H3. The van der Waals surface area contributed by atoms with E-state index in [0.717, 1.165) is 0 Å². The number of H-pyrrole nitrogens is 1. The van der Waals surface area contributed by atoms with Gasteiger partial charge in [-0.25, -0.2) is 0 Å². The van der Waals surface area contributed by atoms with Gasteiger partial charge in [-0.05, 0) is 37.6 Å². The van der Waals surface area contributed by atoms with Crippen molar-refractivity contribution in [1.82, 2.24) is 4.98 Å². The maximum absolute atomic E-state index is 10.2. The molecule has 2 bridgehead atoms. The van der Waals surface area contributed by atoms with Crippen LogP contribution in [0.25, 0.3) is 11.0 Å². The smallest absolute Gasteiger partial charge is 0.272 e. The summed E-state index contributed by atoms with van der Waals surface area (Å²) in [6.45, 7) is 3.83. The van der Waals surface area contributed by atoms with Crippen molar-refractivity contribution in [3.8, 4) is 0 Å². The largest absolute Gasteiger partial charge is 0.355 e. The first-order chi connectivity index (χ1) is 8.58. The summed E-state index contributed by atoms with van der Waals surface area (Å²) in [5.41, 5.74) is 4.73. The molecule has 2 aromatic heterocycles.